The van der Waals surface area contributed by atoms with E-state index in [-0.39, 0.29) is 11.0 Å². The molecule has 1 rings (SSSR count). The van der Waals surface area contributed by atoms with Crippen LogP contribution in [0.2, 0.25) is 5.15 Å². The standard InChI is InChI=1S/C9H10ClNO4/c1-15-9-5(2-3-7(10)11-9)6(12)4-8(13)14/h2-3,6,12H,4H2,1H3,(H,13,14)/t6-/m1/s1. The largest absolute Gasteiger partial charge is 0.481 e. The molecule has 0 saturated carbocycles. The van der Waals surface area contributed by atoms with E-state index in [2.05, 4.69) is 4.98 Å². The summed E-state index contributed by atoms with van der Waals surface area (Å²) < 4.78 is 4.88. The molecule has 0 unspecified atom stereocenters. The molecule has 0 aliphatic carbocycles. The Morgan fingerprint density at radius 3 is 2.87 bits per heavy atom. The highest BCUT2D eigenvalue weighted by atomic mass is 35.5. The van der Waals surface area contributed by atoms with Gasteiger partial charge in [0.15, 0.2) is 0 Å². The Bertz CT molecular complexity index is 369. The third-order valence-corrected chi connectivity index (χ3v) is 1.99. The molecule has 1 atom stereocenters. The summed E-state index contributed by atoms with van der Waals surface area (Å²) in [5, 5.41) is 18.3. The van der Waals surface area contributed by atoms with Crippen LogP contribution in [0.25, 0.3) is 0 Å². The van der Waals surface area contributed by atoms with Crippen LogP contribution in [0.15, 0.2) is 12.1 Å². The lowest BCUT2D eigenvalue weighted by Gasteiger charge is -2.11. The summed E-state index contributed by atoms with van der Waals surface area (Å²) in [6, 6.07) is 2.95. The van der Waals surface area contributed by atoms with E-state index in [1.54, 1.807) is 0 Å². The predicted octanol–water partition coefficient (Wildman–Crippen LogP) is 1.25. The number of methoxy groups -OCH3 is 1. The smallest absolute Gasteiger partial charge is 0.306 e. The number of halogens is 1. The van der Waals surface area contributed by atoms with E-state index in [0.717, 1.165) is 0 Å². The summed E-state index contributed by atoms with van der Waals surface area (Å²) >= 11 is 5.62. The number of rotatable bonds is 4. The van der Waals surface area contributed by atoms with Crippen LogP contribution in [-0.4, -0.2) is 28.3 Å². The van der Waals surface area contributed by atoms with E-state index in [0.29, 0.717) is 5.56 Å². The van der Waals surface area contributed by atoms with Crippen molar-refractivity contribution < 1.29 is 19.7 Å². The number of hydrogen-bond acceptors (Lipinski definition) is 4. The van der Waals surface area contributed by atoms with E-state index >= 15 is 0 Å². The Kier molecular flexibility index (Phi) is 3.88. The SMILES string of the molecule is COc1nc(Cl)ccc1[C@H](O)CC(=O)O. The van der Waals surface area contributed by atoms with Gasteiger partial charge >= 0.3 is 5.97 Å². The average Bonchev–Trinajstić information content (AvgIpc) is 2.16. The summed E-state index contributed by atoms with van der Waals surface area (Å²) in [5.41, 5.74) is 0.310. The van der Waals surface area contributed by atoms with Gasteiger partial charge in [-0.05, 0) is 12.1 Å². The second-order valence-electron chi connectivity index (χ2n) is 2.85. The topological polar surface area (TPSA) is 79.7 Å². The molecule has 0 saturated heterocycles. The average molecular weight is 232 g/mol. The first-order valence-corrected chi connectivity index (χ1v) is 4.52. The number of carbonyl (C=O) groups is 1. The van der Waals surface area contributed by atoms with Crippen molar-refractivity contribution >= 4 is 17.6 Å². The maximum atomic E-state index is 10.4. The fraction of sp³-hybridized carbons (Fsp3) is 0.333. The first-order chi connectivity index (χ1) is 7.04. The lowest BCUT2D eigenvalue weighted by Crippen LogP contribution is -2.07. The lowest BCUT2D eigenvalue weighted by molar-refractivity contribution is -0.139. The van der Waals surface area contributed by atoms with Gasteiger partial charge in [-0.15, -0.1) is 0 Å². The Labute approximate surface area is 91.3 Å². The van der Waals surface area contributed by atoms with E-state index in [9.17, 15) is 9.90 Å². The second-order valence-corrected chi connectivity index (χ2v) is 3.23. The zero-order valence-corrected chi connectivity index (χ0v) is 8.73. The molecule has 0 aliphatic rings. The number of ether oxygens (including phenoxy) is 1. The van der Waals surface area contributed by atoms with Gasteiger partial charge in [-0.25, -0.2) is 4.98 Å². The number of hydrogen-bond donors (Lipinski definition) is 2. The molecule has 2 N–H and O–H groups in total. The number of pyridine rings is 1. The number of aliphatic hydroxyl groups excluding tert-OH is 1. The van der Waals surface area contributed by atoms with Gasteiger partial charge in [-0.2, -0.15) is 0 Å². The van der Waals surface area contributed by atoms with Gasteiger partial charge in [-0.1, -0.05) is 11.6 Å². The Morgan fingerprint density at radius 2 is 2.33 bits per heavy atom. The highest BCUT2D eigenvalue weighted by Crippen LogP contribution is 2.26. The normalized spacial score (nSPS) is 12.2. The Hall–Kier alpha value is -1.33. The van der Waals surface area contributed by atoms with Crippen LogP contribution in [-0.2, 0) is 4.79 Å². The molecule has 0 spiro atoms. The molecule has 6 heteroatoms. The fourth-order valence-electron chi connectivity index (χ4n) is 1.12. The van der Waals surface area contributed by atoms with Gasteiger partial charge in [0.1, 0.15) is 5.15 Å². The Morgan fingerprint density at radius 1 is 1.67 bits per heavy atom. The van der Waals surface area contributed by atoms with Crippen molar-refractivity contribution in [1.82, 2.24) is 4.98 Å². The van der Waals surface area contributed by atoms with Crippen LogP contribution in [0.1, 0.15) is 18.1 Å². The third kappa shape index (κ3) is 3.07. The minimum Gasteiger partial charge on any atom is -0.481 e. The van der Waals surface area contributed by atoms with E-state index in [1.165, 1.54) is 19.2 Å². The fourth-order valence-corrected chi connectivity index (χ4v) is 1.26. The zero-order valence-electron chi connectivity index (χ0n) is 7.98. The monoisotopic (exact) mass is 231 g/mol. The molecule has 0 aromatic carbocycles. The quantitative estimate of drug-likeness (QED) is 0.763. The molecular formula is C9H10ClNO4. The molecule has 0 radical (unpaired) electrons. The van der Waals surface area contributed by atoms with E-state index in [1.807, 2.05) is 0 Å². The zero-order chi connectivity index (χ0) is 11.4. The summed E-state index contributed by atoms with van der Waals surface area (Å²) in [7, 11) is 1.37. The Balaban J connectivity index is 2.97. The molecule has 5 nitrogen and oxygen atoms in total. The van der Waals surface area contributed by atoms with Crippen molar-refractivity contribution in [3.63, 3.8) is 0 Å². The van der Waals surface area contributed by atoms with Crippen LogP contribution >= 0.6 is 11.6 Å². The molecular weight excluding hydrogens is 222 g/mol. The lowest BCUT2D eigenvalue weighted by atomic mass is 10.1. The molecule has 0 bridgehead atoms. The second kappa shape index (κ2) is 4.95. The minimum atomic E-state index is -1.15. The van der Waals surface area contributed by atoms with E-state index in [4.69, 9.17) is 21.4 Å². The minimum absolute atomic E-state index is 0.135. The van der Waals surface area contributed by atoms with Crippen LogP contribution in [0.4, 0.5) is 0 Å². The molecule has 1 aromatic heterocycles. The highest BCUT2D eigenvalue weighted by Gasteiger charge is 2.17. The van der Waals surface area contributed by atoms with E-state index < -0.39 is 18.5 Å². The first-order valence-electron chi connectivity index (χ1n) is 4.15. The van der Waals surface area contributed by atoms with Crippen LogP contribution in [0.3, 0.4) is 0 Å². The number of aliphatic hydroxyl groups is 1. The molecule has 0 aliphatic heterocycles. The maximum absolute atomic E-state index is 10.4. The van der Waals surface area contributed by atoms with Crippen LogP contribution in [0, 0.1) is 0 Å². The van der Waals surface area contributed by atoms with Crippen molar-refractivity contribution in [3.05, 3.63) is 22.8 Å². The molecule has 0 fully saturated rings. The molecule has 15 heavy (non-hydrogen) atoms. The first kappa shape index (κ1) is 11.7. The van der Waals surface area contributed by atoms with Crippen molar-refractivity contribution in [2.45, 2.75) is 12.5 Å². The predicted molar refractivity (Wildman–Crippen MR) is 53.0 cm³/mol. The molecule has 1 aromatic rings. The highest BCUT2D eigenvalue weighted by molar-refractivity contribution is 6.29. The molecule has 0 amide bonds. The summed E-state index contributed by atoms with van der Waals surface area (Å²) in [5.74, 6) is -0.962. The number of carboxylic acid groups (broad SMARTS) is 1. The van der Waals surface area contributed by atoms with Crippen molar-refractivity contribution in [2.75, 3.05) is 7.11 Å². The molecule has 1 heterocycles. The number of nitrogens with zero attached hydrogens (tertiary/aromatic N) is 1. The van der Waals surface area contributed by atoms with Gasteiger partial charge in [0, 0.05) is 5.56 Å². The van der Waals surface area contributed by atoms with Crippen molar-refractivity contribution in [1.29, 1.82) is 0 Å². The van der Waals surface area contributed by atoms with Crippen LogP contribution < -0.4 is 4.74 Å². The number of aliphatic carboxylic acids is 1. The number of aromatic nitrogens is 1. The summed E-state index contributed by atoms with van der Waals surface area (Å²) in [4.78, 5) is 14.2. The third-order valence-electron chi connectivity index (χ3n) is 1.78. The summed E-state index contributed by atoms with van der Waals surface area (Å²) in [6.45, 7) is 0. The van der Waals surface area contributed by atoms with Crippen molar-refractivity contribution in [2.24, 2.45) is 0 Å². The van der Waals surface area contributed by atoms with Gasteiger partial charge in [-0.3, -0.25) is 4.79 Å². The van der Waals surface area contributed by atoms with Crippen molar-refractivity contribution in [3.8, 4) is 5.88 Å². The van der Waals surface area contributed by atoms with Gasteiger partial charge in [0.25, 0.3) is 0 Å². The van der Waals surface area contributed by atoms with Crippen LogP contribution in [0.5, 0.6) is 5.88 Å². The van der Waals surface area contributed by atoms with Gasteiger partial charge < -0.3 is 14.9 Å². The van der Waals surface area contributed by atoms with Gasteiger partial charge in [0.2, 0.25) is 5.88 Å². The molecule has 82 valence electrons. The van der Waals surface area contributed by atoms with Gasteiger partial charge in [0.05, 0.1) is 19.6 Å². The maximum Gasteiger partial charge on any atom is 0.306 e. The summed E-state index contributed by atoms with van der Waals surface area (Å²) in [6.07, 6.45) is -1.55. The number of carboxylic acids is 1.